The number of nitrogens with zero attached hydrogens (tertiary/aromatic N) is 1. The fourth-order valence-corrected chi connectivity index (χ4v) is 0.772. The quantitative estimate of drug-likeness (QED) is 0.400. The predicted octanol–water partition coefficient (Wildman–Crippen LogP) is 1.67. The van der Waals surface area contributed by atoms with Crippen LogP contribution in [0.4, 0.5) is 0 Å². The second-order valence-corrected chi connectivity index (χ2v) is 2.79. The van der Waals surface area contributed by atoms with E-state index in [1.165, 1.54) is 0 Å². The molecule has 1 amide bonds. The summed E-state index contributed by atoms with van der Waals surface area (Å²) < 4.78 is 0. The zero-order valence-electron chi connectivity index (χ0n) is 8.59. The van der Waals surface area contributed by atoms with Crippen molar-refractivity contribution in [3.63, 3.8) is 0 Å². The van der Waals surface area contributed by atoms with Crippen molar-refractivity contribution in [3.05, 3.63) is 23.4 Å². The van der Waals surface area contributed by atoms with E-state index < -0.39 is 0 Å². The molecule has 0 spiro atoms. The fraction of sp³-hybridized carbons (Fsp3) is 0.400. The van der Waals surface area contributed by atoms with Crippen molar-refractivity contribution in [2.45, 2.75) is 20.8 Å². The maximum Gasteiger partial charge on any atom is 0.252 e. The summed E-state index contributed by atoms with van der Waals surface area (Å²) in [6, 6.07) is 0. The van der Waals surface area contributed by atoms with Crippen LogP contribution in [0.15, 0.2) is 28.4 Å². The van der Waals surface area contributed by atoms with Crippen LogP contribution in [-0.2, 0) is 4.79 Å². The Morgan fingerprint density at radius 1 is 1.38 bits per heavy atom. The van der Waals surface area contributed by atoms with Crippen molar-refractivity contribution >= 4 is 12.1 Å². The Labute approximate surface area is 79.3 Å². The molecule has 0 heterocycles. The molecule has 13 heavy (non-hydrogen) atoms. The van der Waals surface area contributed by atoms with Gasteiger partial charge in [-0.1, -0.05) is 5.57 Å². The average Bonchev–Trinajstić information content (AvgIpc) is 2.10. The summed E-state index contributed by atoms with van der Waals surface area (Å²) in [4.78, 5) is 15.2. The van der Waals surface area contributed by atoms with Crippen LogP contribution in [-0.4, -0.2) is 19.2 Å². The summed E-state index contributed by atoms with van der Waals surface area (Å²) in [5, 5.41) is 2.55. The molecular formula is C10H16N2O. The molecule has 0 aromatic heterocycles. The third-order valence-electron chi connectivity index (χ3n) is 1.30. The van der Waals surface area contributed by atoms with E-state index in [0.717, 1.165) is 5.57 Å². The highest BCUT2D eigenvalue weighted by molar-refractivity contribution is 5.96. The van der Waals surface area contributed by atoms with Gasteiger partial charge in [-0.25, -0.2) is 0 Å². The van der Waals surface area contributed by atoms with E-state index in [1.54, 1.807) is 32.5 Å². The Balaban J connectivity index is 4.76. The third kappa shape index (κ3) is 4.95. The Morgan fingerprint density at radius 2 is 2.00 bits per heavy atom. The van der Waals surface area contributed by atoms with Crippen molar-refractivity contribution in [1.82, 2.24) is 5.32 Å². The summed E-state index contributed by atoms with van der Waals surface area (Å²) >= 11 is 0. The van der Waals surface area contributed by atoms with Crippen molar-refractivity contribution < 1.29 is 4.79 Å². The largest absolute Gasteiger partial charge is 0.355 e. The number of amides is 1. The first-order valence-electron chi connectivity index (χ1n) is 4.16. The number of carbonyl (C=O) groups excluding carboxylic acids is 1. The van der Waals surface area contributed by atoms with E-state index in [4.69, 9.17) is 0 Å². The number of rotatable bonds is 3. The minimum Gasteiger partial charge on any atom is -0.355 e. The number of hydrogen-bond acceptors (Lipinski definition) is 2. The molecule has 0 radical (unpaired) electrons. The molecule has 0 unspecified atom stereocenters. The summed E-state index contributed by atoms with van der Waals surface area (Å²) in [6.07, 6.45) is 4.99. The van der Waals surface area contributed by atoms with Crippen LogP contribution in [0.2, 0.25) is 0 Å². The molecule has 0 aliphatic heterocycles. The van der Waals surface area contributed by atoms with E-state index >= 15 is 0 Å². The van der Waals surface area contributed by atoms with Crippen LogP contribution >= 0.6 is 0 Å². The molecule has 0 aromatic carbocycles. The SMILES string of the molecule is CC=N/C=C(\C=C(C)C)C(=O)NC. The van der Waals surface area contributed by atoms with Gasteiger partial charge in [0.05, 0.1) is 5.57 Å². The third-order valence-corrected chi connectivity index (χ3v) is 1.30. The Morgan fingerprint density at radius 3 is 2.38 bits per heavy atom. The van der Waals surface area contributed by atoms with Gasteiger partial charge in [-0.15, -0.1) is 0 Å². The van der Waals surface area contributed by atoms with Gasteiger partial charge in [-0.05, 0) is 26.8 Å². The van der Waals surface area contributed by atoms with Gasteiger partial charge in [0.15, 0.2) is 0 Å². The predicted molar refractivity (Wildman–Crippen MR) is 55.7 cm³/mol. The molecule has 0 saturated carbocycles. The number of likely N-dealkylation sites (N-methyl/N-ethyl adjacent to an activating group) is 1. The highest BCUT2D eigenvalue weighted by Crippen LogP contribution is 2.02. The van der Waals surface area contributed by atoms with E-state index in [2.05, 4.69) is 10.3 Å². The van der Waals surface area contributed by atoms with Crippen LogP contribution in [0.3, 0.4) is 0 Å². The first-order chi connectivity index (χ1) is 6.11. The molecule has 0 atom stereocenters. The normalized spacial score (nSPS) is 11.5. The molecular weight excluding hydrogens is 164 g/mol. The summed E-state index contributed by atoms with van der Waals surface area (Å²) in [5.41, 5.74) is 1.64. The highest BCUT2D eigenvalue weighted by Gasteiger charge is 2.02. The van der Waals surface area contributed by atoms with E-state index in [9.17, 15) is 4.79 Å². The van der Waals surface area contributed by atoms with Gasteiger partial charge in [0.1, 0.15) is 0 Å². The van der Waals surface area contributed by atoms with Crippen molar-refractivity contribution in [2.24, 2.45) is 4.99 Å². The number of nitrogens with one attached hydrogen (secondary N) is 1. The number of hydrogen-bond donors (Lipinski definition) is 1. The van der Waals surface area contributed by atoms with Gasteiger partial charge in [0.2, 0.25) is 0 Å². The Hall–Kier alpha value is -1.38. The molecule has 0 bridgehead atoms. The van der Waals surface area contributed by atoms with E-state index in [1.807, 2.05) is 13.8 Å². The molecule has 0 saturated heterocycles. The fourth-order valence-electron chi connectivity index (χ4n) is 0.772. The number of aliphatic imine (C=N–C) groups is 1. The van der Waals surface area contributed by atoms with Crippen LogP contribution in [0, 0.1) is 0 Å². The molecule has 0 aromatic rings. The van der Waals surface area contributed by atoms with Crippen LogP contribution < -0.4 is 5.32 Å². The lowest BCUT2D eigenvalue weighted by atomic mass is 10.2. The molecule has 3 heteroatoms. The van der Waals surface area contributed by atoms with Crippen molar-refractivity contribution in [3.8, 4) is 0 Å². The topological polar surface area (TPSA) is 41.5 Å². The smallest absolute Gasteiger partial charge is 0.252 e. The first kappa shape index (κ1) is 11.6. The zero-order chi connectivity index (χ0) is 10.3. The maximum atomic E-state index is 11.3. The summed E-state index contributed by atoms with van der Waals surface area (Å²) in [5.74, 6) is -0.119. The molecule has 0 aliphatic rings. The minimum absolute atomic E-state index is 0.119. The summed E-state index contributed by atoms with van der Waals surface area (Å²) in [6.45, 7) is 5.68. The lowest BCUT2D eigenvalue weighted by molar-refractivity contribution is -0.116. The average molecular weight is 180 g/mol. The van der Waals surface area contributed by atoms with Crippen LogP contribution in [0.5, 0.6) is 0 Å². The second kappa shape index (κ2) is 6.17. The molecule has 0 aliphatic carbocycles. The van der Waals surface area contributed by atoms with Crippen LogP contribution in [0.1, 0.15) is 20.8 Å². The van der Waals surface area contributed by atoms with Crippen molar-refractivity contribution in [1.29, 1.82) is 0 Å². The number of carbonyl (C=O) groups is 1. The standard InChI is InChI=1S/C10H16N2O/c1-5-12-7-9(6-8(2)3)10(13)11-4/h5-7H,1-4H3,(H,11,13)/b9-7+,12-5?. The maximum absolute atomic E-state index is 11.3. The molecule has 1 N–H and O–H groups in total. The van der Waals surface area contributed by atoms with Gasteiger partial charge in [-0.3, -0.25) is 9.79 Å². The van der Waals surface area contributed by atoms with Gasteiger partial charge in [0.25, 0.3) is 5.91 Å². The molecule has 3 nitrogen and oxygen atoms in total. The zero-order valence-corrected chi connectivity index (χ0v) is 8.59. The minimum atomic E-state index is -0.119. The first-order valence-corrected chi connectivity index (χ1v) is 4.16. The lowest BCUT2D eigenvalue weighted by Crippen LogP contribution is -2.19. The van der Waals surface area contributed by atoms with E-state index in [0.29, 0.717) is 5.57 Å². The monoisotopic (exact) mass is 180 g/mol. The molecule has 72 valence electrons. The number of allylic oxidation sites excluding steroid dienone is 1. The Bertz CT molecular complexity index is 258. The van der Waals surface area contributed by atoms with Crippen LogP contribution in [0.25, 0.3) is 0 Å². The van der Waals surface area contributed by atoms with Gasteiger partial charge < -0.3 is 5.32 Å². The Kier molecular flexibility index (Phi) is 5.52. The highest BCUT2D eigenvalue weighted by atomic mass is 16.1. The lowest BCUT2D eigenvalue weighted by Gasteiger charge is -1.99. The van der Waals surface area contributed by atoms with Crippen molar-refractivity contribution in [2.75, 3.05) is 7.05 Å². The van der Waals surface area contributed by atoms with E-state index in [-0.39, 0.29) is 5.91 Å². The van der Waals surface area contributed by atoms with Gasteiger partial charge >= 0.3 is 0 Å². The van der Waals surface area contributed by atoms with Gasteiger partial charge in [0, 0.05) is 19.5 Å². The second-order valence-electron chi connectivity index (χ2n) is 2.79. The van der Waals surface area contributed by atoms with Gasteiger partial charge in [-0.2, -0.15) is 0 Å². The molecule has 0 fully saturated rings. The summed E-state index contributed by atoms with van der Waals surface area (Å²) in [7, 11) is 1.60. The molecule has 0 rings (SSSR count).